The van der Waals surface area contributed by atoms with E-state index in [0.29, 0.717) is 0 Å². The highest BCUT2D eigenvalue weighted by atomic mass is 19.4. The highest BCUT2D eigenvalue weighted by Crippen LogP contribution is 2.33. The van der Waals surface area contributed by atoms with Gasteiger partial charge in [-0.3, -0.25) is 15.4 Å². The molecule has 0 saturated carbocycles. The summed E-state index contributed by atoms with van der Waals surface area (Å²) in [4.78, 5) is 20.8. The van der Waals surface area contributed by atoms with Gasteiger partial charge in [-0.1, -0.05) is 6.07 Å². The fourth-order valence-electron chi connectivity index (χ4n) is 1.82. The normalized spacial score (nSPS) is 10.8. The monoisotopic (exact) mass is 358 g/mol. The minimum absolute atomic E-state index is 0.0292. The van der Waals surface area contributed by atoms with Crippen molar-refractivity contribution < 1.29 is 37.5 Å². The second-order valence-electron chi connectivity index (χ2n) is 4.49. The van der Waals surface area contributed by atoms with Gasteiger partial charge in [-0.05, 0) is 18.2 Å². The van der Waals surface area contributed by atoms with E-state index >= 15 is 0 Å². The molecular weight excluding hydrogens is 349 g/mol. The predicted octanol–water partition coefficient (Wildman–Crippen LogP) is 4.38. The molecule has 1 amide bonds. The first-order chi connectivity index (χ1) is 11.6. The van der Waals surface area contributed by atoms with Crippen molar-refractivity contribution >= 4 is 17.5 Å². The van der Waals surface area contributed by atoms with Gasteiger partial charge in [0.2, 0.25) is 0 Å². The van der Waals surface area contributed by atoms with E-state index in [-0.39, 0.29) is 17.2 Å². The molecule has 2 aromatic rings. The van der Waals surface area contributed by atoms with Crippen molar-refractivity contribution in [2.24, 2.45) is 0 Å². The van der Waals surface area contributed by atoms with Crippen molar-refractivity contribution in [1.29, 1.82) is 0 Å². The lowest BCUT2D eigenvalue weighted by atomic mass is 10.2. The van der Waals surface area contributed by atoms with Gasteiger partial charge < -0.3 is 14.6 Å². The van der Waals surface area contributed by atoms with Crippen LogP contribution < -0.4 is 14.8 Å². The van der Waals surface area contributed by atoms with Crippen LogP contribution in [0.3, 0.4) is 0 Å². The molecule has 0 bridgehead atoms. The summed E-state index contributed by atoms with van der Waals surface area (Å²) < 4.78 is 45.6. The summed E-state index contributed by atoms with van der Waals surface area (Å²) in [5.74, 6) is -0.591. The number of halogens is 3. The molecule has 0 aliphatic heterocycles. The van der Waals surface area contributed by atoms with Crippen LogP contribution in [0, 0.1) is 10.1 Å². The molecule has 0 aliphatic carbocycles. The fraction of sp³-hybridized carbons (Fsp3) is 0.0714. The van der Waals surface area contributed by atoms with E-state index in [0.717, 1.165) is 24.3 Å². The Labute approximate surface area is 137 Å². The van der Waals surface area contributed by atoms with Gasteiger partial charge in [-0.25, -0.2) is 4.79 Å². The Bertz CT molecular complexity index is 809. The number of alkyl halides is 3. The predicted molar refractivity (Wildman–Crippen MR) is 77.9 cm³/mol. The fourth-order valence-corrected chi connectivity index (χ4v) is 1.82. The number of carboxylic acid groups (broad SMARTS) is 1. The molecule has 132 valence electrons. The van der Waals surface area contributed by atoms with Crippen LogP contribution in [0.25, 0.3) is 0 Å². The Hall–Kier alpha value is -3.50. The van der Waals surface area contributed by atoms with Crippen LogP contribution in [0.1, 0.15) is 0 Å². The van der Waals surface area contributed by atoms with Crippen molar-refractivity contribution in [3.8, 4) is 17.2 Å². The van der Waals surface area contributed by atoms with Crippen LogP contribution in [0.4, 0.5) is 29.3 Å². The second kappa shape index (κ2) is 6.95. The zero-order chi connectivity index (χ0) is 18.6. The molecule has 2 aromatic carbocycles. The summed E-state index contributed by atoms with van der Waals surface area (Å²) in [6.07, 6.45) is -6.40. The van der Waals surface area contributed by atoms with Crippen molar-refractivity contribution in [3.63, 3.8) is 0 Å². The molecular formula is C14H9F3N2O6. The maximum absolute atomic E-state index is 12.2. The van der Waals surface area contributed by atoms with Crippen molar-refractivity contribution in [2.75, 3.05) is 5.32 Å². The molecule has 0 aliphatic rings. The first-order valence-corrected chi connectivity index (χ1v) is 6.46. The summed E-state index contributed by atoms with van der Waals surface area (Å²) in [5, 5.41) is 21.4. The maximum Gasteiger partial charge on any atom is 0.573 e. The number of carbonyl (C=O) groups is 1. The third kappa shape index (κ3) is 5.27. The molecule has 0 radical (unpaired) electrons. The van der Waals surface area contributed by atoms with Crippen LogP contribution in [-0.2, 0) is 0 Å². The number of amides is 1. The van der Waals surface area contributed by atoms with E-state index in [9.17, 15) is 28.1 Å². The minimum atomic E-state index is -4.87. The first kappa shape index (κ1) is 17.8. The molecule has 8 nitrogen and oxygen atoms in total. The van der Waals surface area contributed by atoms with E-state index in [2.05, 4.69) is 4.74 Å². The molecule has 25 heavy (non-hydrogen) atoms. The van der Waals surface area contributed by atoms with Crippen molar-refractivity contribution in [3.05, 3.63) is 52.6 Å². The number of rotatable bonds is 5. The number of nitro benzene ring substituents is 1. The summed E-state index contributed by atoms with van der Waals surface area (Å²) in [6.45, 7) is 0. The lowest BCUT2D eigenvalue weighted by Crippen LogP contribution is -2.17. The maximum atomic E-state index is 12.2. The zero-order valence-electron chi connectivity index (χ0n) is 12.1. The number of nitro groups is 1. The van der Waals surface area contributed by atoms with Gasteiger partial charge in [0, 0.05) is 18.2 Å². The minimum Gasteiger partial charge on any atom is -0.465 e. The highest BCUT2D eigenvalue weighted by molar-refractivity contribution is 5.86. The molecule has 0 atom stereocenters. The number of anilines is 1. The third-order valence-electron chi connectivity index (χ3n) is 2.68. The summed E-state index contributed by atoms with van der Waals surface area (Å²) in [5.41, 5.74) is -0.860. The second-order valence-corrected chi connectivity index (χ2v) is 4.49. The Kier molecular flexibility index (Phi) is 4.96. The van der Waals surface area contributed by atoms with E-state index in [1.807, 2.05) is 5.32 Å². The third-order valence-corrected chi connectivity index (χ3v) is 2.68. The van der Waals surface area contributed by atoms with E-state index in [4.69, 9.17) is 9.84 Å². The average molecular weight is 358 g/mol. The number of benzene rings is 2. The molecule has 0 saturated heterocycles. The Morgan fingerprint density at radius 2 is 1.76 bits per heavy atom. The Morgan fingerprint density at radius 1 is 1.12 bits per heavy atom. The molecule has 11 heteroatoms. The van der Waals surface area contributed by atoms with E-state index in [1.54, 1.807) is 0 Å². The molecule has 0 aromatic heterocycles. The van der Waals surface area contributed by atoms with E-state index < -0.39 is 28.8 Å². The molecule has 0 heterocycles. The molecule has 2 rings (SSSR count). The van der Waals surface area contributed by atoms with Gasteiger partial charge in [0.1, 0.15) is 22.9 Å². The van der Waals surface area contributed by atoms with Gasteiger partial charge in [0.15, 0.2) is 0 Å². The molecule has 0 unspecified atom stereocenters. The smallest absolute Gasteiger partial charge is 0.465 e. The van der Waals surface area contributed by atoms with Gasteiger partial charge in [-0.2, -0.15) is 0 Å². The summed E-state index contributed by atoms with van der Waals surface area (Å²) in [6, 6.07) is 7.79. The molecule has 0 fully saturated rings. The van der Waals surface area contributed by atoms with Gasteiger partial charge in [0.25, 0.3) is 5.69 Å². The van der Waals surface area contributed by atoms with Crippen LogP contribution in [-0.4, -0.2) is 22.5 Å². The SMILES string of the molecule is O=C(O)Nc1cc(Oc2cccc(OC(F)(F)F)c2)ccc1[N+](=O)[O-]. The van der Waals surface area contributed by atoms with Gasteiger partial charge >= 0.3 is 12.5 Å². The first-order valence-electron chi connectivity index (χ1n) is 6.46. The average Bonchev–Trinajstić information content (AvgIpc) is 2.45. The van der Waals surface area contributed by atoms with Crippen LogP contribution >= 0.6 is 0 Å². The lowest BCUT2D eigenvalue weighted by Gasteiger charge is -2.11. The largest absolute Gasteiger partial charge is 0.573 e. The number of ether oxygens (including phenoxy) is 2. The van der Waals surface area contributed by atoms with Crippen LogP contribution in [0.2, 0.25) is 0 Å². The zero-order valence-corrected chi connectivity index (χ0v) is 12.1. The number of nitrogens with one attached hydrogen (secondary N) is 1. The number of hydrogen-bond acceptors (Lipinski definition) is 5. The van der Waals surface area contributed by atoms with Crippen molar-refractivity contribution in [2.45, 2.75) is 6.36 Å². The topological polar surface area (TPSA) is 111 Å². The van der Waals surface area contributed by atoms with Crippen molar-refractivity contribution in [1.82, 2.24) is 0 Å². The molecule has 0 spiro atoms. The number of hydrogen-bond donors (Lipinski definition) is 2. The quantitative estimate of drug-likeness (QED) is 0.606. The summed E-state index contributed by atoms with van der Waals surface area (Å²) in [7, 11) is 0. The van der Waals surface area contributed by atoms with Crippen LogP contribution in [0.15, 0.2) is 42.5 Å². The molecule has 2 N–H and O–H groups in total. The highest BCUT2D eigenvalue weighted by Gasteiger charge is 2.31. The Balaban J connectivity index is 2.27. The summed E-state index contributed by atoms with van der Waals surface area (Å²) >= 11 is 0. The van der Waals surface area contributed by atoms with Gasteiger partial charge in [0.05, 0.1) is 4.92 Å². The number of nitrogens with zero attached hydrogens (tertiary/aromatic N) is 1. The Morgan fingerprint density at radius 3 is 2.36 bits per heavy atom. The van der Waals surface area contributed by atoms with E-state index in [1.165, 1.54) is 18.2 Å². The lowest BCUT2D eigenvalue weighted by molar-refractivity contribution is -0.383. The standard InChI is InChI=1S/C14H9F3N2O6/c15-14(16,17)25-10-3-1-2-8(6-10)24-9-4-5-12(19(22)23)11(7-9)18-13(20)21/h1-7,18H,(H,20,21). The van der Waals surface area contributed by atoms with Crippen LogP contribution in [0.5, 0.6) is 17.2 Å². The van der Waals surface area contributed by atoms with Gasteiger partial charge in [-0.15, -0.1) is 13.2 Å².